The number of aryl methyl sites for hydroxylation is 1. The molecular formula is C21H26N2O5S. The van der Waals surface area contributed by atoms with Crippen molar-refractivity contribution in [2.24, 2.45) is 0 Å². The van der Waals surface area contributed by atoms with Crippen molar-refractivity contribution in [2.75, 3.05) is 45.4 Å². The second kappa shape index (κ2) is 9.13. The molecule has 2 heterocycles. The van der Waals surface area contributed by atoms with Crippen LogP contribution in [0.1, 0.15) is 17.2 Å². The molecule has 7 nitrogen and oxygen atoms in total. The van der Waals surface area contributed by atoms with E-state index in [1.807, 2.05) is 48.5 Å². The molecule has 0 bridgehead atoms. The van der Waals surface area contributed by atoms with E-state index in [1.54, 1.807) is 0 Å². The molecule has 0 saturated carbocycles. The van der Waals surface area contributed by atoms with Gasteiger partial charge in [-0.15, -0.1) is 0 Å². The van der Waals surface area contributed by atoms with Gasteiger partial charge in [0.15, 0.2) is 11.5 Å². The van der Waals surface area contributed by atoms with Crippen molar-refractivity contribution in [3.8, 4) is 11.5 Å². The third kappa shape index (κ3) is 5.27. The monoisotopic (exact) mass is 418 g/mol. The van der Waals surface area contributed by atoms with Gasteiger partial charge in [-0.25, -0.2) is 13.1 Å². The Balaban J connectivity index is 1.45. The molecule has 1 unspecified atom stereocenters. The predicted octanol–water partition coefficient (Wildman–Crippen LogP) is 1.95. The van der Waals surface area contributed by atoms with Crippen molar-refractivity contribution in [1.82, 2.24) is 9.62 Å². The Kier molecular flexibility index (Phi) is 6.34. The molecule has 1 fully saturated rings. The highest BCUT2D eigenvalue weighted by atomic mass is 32.2. The zero-order chi connectivity index (χ0) is 20.1. The highest BCUT2D eigenvalue weighted by Crippen LogP contribution is 2.35. The van der Waals surface area contributed by atoms with Crippen LogP contribution in [0.2, 0.25) is 0 Å². The molecule has 1 N–H and O–H groups in total. The Labute approximate surface area is 171 Å². The summed E-state index contributed by atoms with van der Waals surface area (Å²) >= 11 is 0. The molecule has 0 amide bonds. The summed E-state index contributed by atoms with van der Waals surface area (Å²) in [6, 6.07) is 15.4. The lowest BCUT2D eigenvalue weighted by Crippen LogP contribution is -2.44. The molecular weight excluding hydrogens is 392 g/mol. The second-order valence-electron chi connectivity index (χ2n) is 7.18. The van der Waals surface area contributed by atoms with Crippen molar-refractivity contribution in [3.63, 3.8) is 0 Å². The van der Waals surface area contributed by atoms with Crippen molar-refractivity contribution in [1.29, 1.82) is 0 Å². The third-order valence-corrected chi connectivity index (χ3v) is 6.61. The van der Waals surface area contributed by atoms with Gasteiger partial charge in [0.2, 0.25) is 16.8 Å². The van der Waals surface area contributed by atoms with Gasteiger partial charge in [-0.05, 0) is 29.7 Å². The van der Waals surface area contributed by atoms with Gasteiger partial charge >= 0.3 is 0 Å². The Morgan fingerprint density at radius 1 is 1.00 bits per heavy atom. The SMILES string of the molecule is O=S(=O)(CCc1ccccc1)NCC(c1ccc2c(c1)OCO2)N1CCOCC1. The zero-order valence-electron chi connectivity index (χ0n) is 16.2. The smallest absolute Gasteiger partial charge is 0.231 e. The summed E-state index contributed by atoms with van der Waals surface area (Å²) in [6.07, 6.45) is 0.489. The molecule has 29 heavy (non-hydrogen) atoms. The summed E-state index contributed by atoms with van der Waals surface area (Å²) in [7, 11) is -3.40. The molecule has 0 spiro atoms. The Morgan fingerprint density at radius 3 is 2.55 bits per heavy atom. The minimum atomic E-state index is -3.40. The summed E-state index contributed by atoms with van der Waals surface area (Å²) in [5.41, 5.74) is 2.01. The van der Waals surface area contributed by atoms with E-state index in [1.165, 1.54) is 0 Å². The molecule has 2 aromatic carbocycles. The van der Waals surface area contributed by atoms with Crippen LogP contribution in [0.5, 0.6) is 11.5 Å². The van der Waals surface area contributed by atoms with Crippen LogP contribution in [0, 0.1) is 0 Å². The van der Waals surface area contributed by atoms with E-state index in [9.17, 15) is 8.42 Å². The average molecular weight is 419 g/mol. The van der Waals surface area contributed by atoms with Crippen LogP contribution in [-0.2, 0) is 21.2 Å². The molecule has 0 radical (unpaired) electrons. The minimum absolute atomic E-state index is 0.0635. The van der Waals surface area contributed by atoms with Crippen LogP contribution in [0.4, 0.5) is 0 Å². The lowest BCUT2D eigenvalue weighted by molar-refractivity contribution is 0.0171. The van der Waals surface area contributed by atoms with Crippen LogP contribution in [0.15, 0.2) is 48.5 Å². The number of benzene rings is 2. The maximum atomic E-state index is 12.6. The molecule has 4 rings (SSSR count). The first-order valence-electron chi connectivity index (χ1n) is 9.83. The molecule has 2 aliphatic rings. The van der Waals surface area contributed by atoms with Crippen LogP contribution >= 0.6 is 0 Å². The molecule has 1 atom stereocenters. The topological polar surface area (TPSA) is 77.1 Å². The Bertz CT molecular complexity index is 914. The van der Waals surface area contributed by atoms with Gasteiger partial charge in [-0.1, -0.05) is 36.4 Å². The summed E-state index contributed by atoms with van der Waals surface area (Å²) in [5.74, 6) is 1.49. The fourth-order valence-electron chi connectivity index (χ4n) is 3.64. The van der Waals surface area contributed by atoms with Crippen LogP contribution in [0.25, 0.3) is 0 Å². The number of nitrogens with zero attached hydrogens (tertiary/aromatic N) is 1. The minimum Gasteiger partial charge on any atom is -0.454 e. The van der Waals surface area contributed by atoms with Crippen LogP contribution < -0.4 is 14.2 Å². The van der Waals surface area contributed by atoms with E-state index in [2.05, 4.69) is 9.62 Å². The zero-order valence-corrected chi connectivity index (χ0v) is 17.1. The first kappa shape index (κ1) is 20.2. The number of sulfonamides is 1. The quantitative estimate of drug-likeness (QED) is 0.706. The largest absolute Gasteiger partial charge is 0.454 e. The maximum absolute atomic E-state index is 12.6. The number of ether oxygens (including phenoxy) is 3. The highest BCUT2D eigenvalue weighted by Gasteiger charge is 2.26. The van der Waals surface area contributed by atoms with Gasteiger partial charge < -0.3 is 14.2 Å². The van der Waals surface area contributed by atoms with Crippen molar-refractivity contribution >= 4 is 10.0 Å². The Morgan fingerprint density at radius 2 is 1.76 bits per heavy atom. The molecule has 156 valence electrons. The molecule has 2 aromatic rings. The van der Waals surface area contributed by atoms with Crippen LogP contribution in [0.3, 0.4) is 0 Å². The van der Waals surface area contributed by atoms with Gasteiger partial charge in [-0.2, -0.15) is 0 Å². The summed E-state index contributed by atoms with van der Waals surface area (Å²) in [6.45, 7) is 3.31. The fraction of sp³-hybridized carbons (Fsp3) is 0.429. The number of hydrogen-bond acceptors (Lipinski definition) is 6. The number of morpholine rings is 1. The average Bonchev–Trinajstić information content (AvgIpc) is 3.22. The summed E-state index contributed by atoms with van der Waals surface area (Å²) < 4.78 is 44.4. The number of hydrogen-bond donors (Lipinski definition) is 1. The lowest BCUT2D eigenvalue weighted by atomic mass is 10.0. The van der Waals surface area contributed by atoms with Gasteiger partial charge in [0.25, 0.3) is 0 Å². The fourth-order valence-corrected chi connectivity index (χ4v) is 4.70. The van der Waals surface area contributed by atoms with Gasteiger partial charge in [0, 0.05) is 25.7 Å². The third-order valence-electron chi connectivity index (χ3n) is 5.27. The lowest BCUT2D eigenvalue weighted by Gasteiger charge is -2.35. The molecule has 8 heteroatoms. The summed E-state index contributed by atoms with van der Waals surface area (Å²) in [4.78, 5) is 2.25. The highest BCUT2D eigenvalue weighted by molar-refractivity contribution is 7.89. The normalized spacial score (nSPS) is 17.9. The van der Waals surface area contributed by atoms with E-state index in [0.717, 1.165) is 30.0 Å². The van der Waals surface area contributed by atoms with Gasteiger partial charge in [0.05, 0.1) is 19.0 Å². The first-order chi connectivity index (χ1) is 14.1. The maximum Gasteiger partial charge on any atom is 0.231 e. The molecule has 2 aliphatic heterocycles. The van der Waals surface area contributed by atoms with E-state index in [4.69, 9.17) is 14.2 Å². The second-order valence-corrected chi connectivity index (χ2v) is 9.11. The first-order valence-corrected chi connectivity index (χ1v) is 11.5. The van der Waals surface area contributed by atoms with E-state index < -0.39 is 10.0 Å². The van der Waals surface area contributed by atoms with E-state index >= 15 is 0 Å². The number of fused-ring (bicyclic) bond motifs is 1. The number of rotatable bonds is 8. The number of nitrogens with one attached hydrogen (secondary N) is 1. The van der Waals surface area contributed by atoms with Crippen molar-refractivity contribution in [2.45, 2.75) is 12.5 Å². The van der Waals surface area contributed by atoms with Crippen molar-refractivity contribution in [3.05, 3.63) is 59.7 Å². The summed E-state index contributed by atoms with van der Waals surface area (Å²) in [5, 5.41) is 0. The molecule has 0 aromatic heterocycles. The molecule has 0 aliphatic carbocycles. The van der Waals surface area contributed by atoms with Gasteiger partial charge in [-0.3, -0.25) is 4.90 Å². The standard InChI is InChI=1S/C21H26N2O5S/c24-29(25,13-8-17-4-2-1-3-5-17)22-15-19(23-9-11-26-12-10-23)18-6-7-20-21(14-18)28-16-27-20/h1-7,14,19,22H,8-13,15-16H2. The van der Waals surface area contributed by atoms with E-state index in [-0.39, 0.29) is 18.6 Å². The predicted molar refractivity (Wildman–Crippen MR) is 110 cm³/mol. The van der Waals surface area contributed by atoms with Crippen molar-refractivity contribution < 1.29 is 22.6 Å². The van der Waals surface area contributed by atoms with Crippen LogP contribution in [-0.4, -0.2) is 58.7 Å². The van der Waals surface area contributed by atoms with E-state index in [0.29, 0.717) is 31.9 Å². The van der Waals surface area contributed by atoms with Gasteiger partial charge in [0.1, 0.15) is 0 Å². The Hall–Kier alpha value is -2.13. The molecule has 1 saturated heterocycles.